The predicted octanol–water partition coefficient (Wildman–Crippen LogP) is 3.10. The Bertz CT molecular complexity index is 108. The molecule has 0 unspecified atom stereocenters. The largest absolute Gasteiger partial charge is 0.418 e. The average molecular weight is 204 g/mol. The quantitative estimate of drug-likeness (QED) is 0.477. The van der Waals surface area contributed by atoms with Gasteiger partial charge in [-0.15, -0.1) is 0 Å². The van der Waals surface area contributed by atoms with E-state index in [0.717, 1.165) is 6.61 Å². The Morgan fingerprint density at radius 1 is 1.08 bits per heavy atom. The monoisotopic (exact) mass is 204 g/mol. The normalized spacial score (nSPS) is 12.5. The minimum atomic E-state index is -1.22. The molecule has 12 heavy (non-hydrogen) atoms. The summed E-state index contributed by atoms with van der Waals surface area (Å²) >= 11 is 0. The van der Waals surface area contributed by atoms with Crippen molar-refractivity contribution in [3.8, 4) is 0 Å². The van der Waals surface area contributed by atoms with Crippen LogP contribution in [0.5, 0.6) is 0 Å². The fraction of sp³-hybridized carbons (Fsp3) is 1.00. The molecular weight excluding hydrogens is 180 g/mol. The minimum absolute atomic E-state index is 0.299. The number of hydrogen-bond donors (Lipinski definition) is 0. The third-order valence-electron chi connectivity index (χ3n) is 1.71. The molecule has 3 heteroatoms. The highest BCUT2D eigenvalue weighted by molar-refractivity contribution is 6.69. The van der Waals surface area contributed by atoms with E-state index in [4.69, 9.17) is 4.43 Å². The van der Waals surface area contributed by atoms with Gasteiger partial charge in [0.15, 0.2) is 8.32 Å². The maximum atomic E-state index is 5.77. The topological polar surface area (TPSA) is 9.23 Å². The van der Waals surface area contributed by atoms with Gasteiger partial charge >= 0.3 is 0 Å². The first kappa shape index (κ1) is 12.4. The molecule has 0 aliphatic rings. The van der Waals surface area contributed by atoms with Crippen LogP contribution in [0.1, 0.15) is 12.8 Å². The molecule has 0 amide bonds. The van der Waals surface area contributed by atoms with Crippen LogP contribution in [0.15, 0.2) is 0 Å². The fourth-order valence-corrected chi connectivity index (χ4v) is 2.89. The molecule has 0 heterocycles. The first-order chi connectivity index (χ1) is 5.42. The summed E-state index contributed by atoms with van der Waals surface area (Å²) < 4.78 is 5.77. The van der Waals surface area contributed by atoms with E-state index >= 15 is 0 Å². The predicted molar refractivity (Wildman–Crippen MR) is 62.2 cm³/mol. The zero-order chi connectivity index (χ0) is 9.61. The van der Waals surface area contributed by atoms with Crippen molar-refractivity contribution in [3.05, 3.63) is 0 Å². The Kier molecular flexibility index (Phi) is 6.14. The Labute approximate surface area is 80.3 Å². The molecule has 0 aliphatic carbocycles. The summed E-state index contributed by atoms with van der Waals surface area (Å²) in [6.45, 7) is 12.6. The summed E-state index contributed by atoms with van der Waals surface area (Å²) in [5.74, 6) is 0. The van der Waals surface area contributed by atoms with Gasteiger partial charge in [-0.3, -0.25) is 0 Å². The van der Waals surface area contributed by atoms with Gasteiger partial charge in [-0.05, 0) is 26.1 Å². The van der Waals surface area contributed by atoms with Crippen molar-refractivity contribution in [2.45, 2.75) is 51.6 Å². The molecular formula is C9H24OSi2. The van der Waals surface area contributed by atoms with Crippen LogP contribution in [-0.2, 0) is 4.43 Å². The lowest BCUT2D eigenvalue weighted by molar-refractivity contribution is 0.303. The van der Waals surface area contributed by atoms with Gasteiger partial charge in [-0.1, -0.05) is 25.6 Å². The molecule has 0 radical (unpaired) electrons. The first-order valence-corrected chi connectivity index (χ1v) is 11.6. The van der Waals surface area contributed by atoms with Gasteiger partial charge in [-0.25, -0.2) is 0 Å². The van der Waals surface area contributed by atoms with Crippen molar-refractivity contribution >= 4 is 17.1 Å². The van der Waals surface area contributed by atoms with Gasteiger partial charge in [0.25, 0.3) is 0 Å². The van der Waals surface area contributed by atoms with Gasteiger partial charge in [0.05, 0.1) is 0 Å². The molecule has 0 aromatic heterocycles. The van der Waals surface area contributed by atoms with E-state index in [1.54, 1.807) is 0 Å². The second-order valence-corrected chi connectivity index (χ2v) is 12.7. The molecule has 0 bridgehead atoms. The molecule has 0 fully saturated rings. The van der Waals surface area contributed by atoms with Crippen molar-refractivity contribution in [3.63, 3.8) is 0 Å². The van der Waals surface area contributed by atoms with E-state index in [1.165, 1.54) is 18.9 Å². The molecule has 0 saturated carbocycles. The second-order valence-electron chi connectivity index (χ2n) is 4.85. The van der Waals surface area contributed by atoms with Gasteiger partial charge in [0.2, 0.25) is 0 Å². The van der Waals surface area contributed by atoms with E-state index in [1.807, 2.05) is 0 Å². The number of unbranched alkanes of at least 4 members (excludes halogenated alkanes) is 1. The van der Waals surface area contributed by atoms with Crippen LogP contribution in [0.25, 0.3) is 0 Å². The highest BCUT2D eigenvalue weighted by Crippen LogP contribution is 2.06. The summed E-state index contributed by atoms with van der Waals surface area (Å²) in [5.41, 5.74) is 0. The Hall–Kier alpha value is 0.394. The van der Waals surface area contributed by atoms with Gasteiger partial charge in [0.1, 0.15) is 0 Å². The van der Waals surface area contributed by atoms with Crippen molar-refractivity contribution in [2.24, 2.45) is 0 Å². The maximum absolute atomic E-state index is 5.77. The molecule has 0 N–H and O–H groups in total. The van der Waals surface area contributed by atoms with Crippen molar-refractivity contribution in [1.82, 2.24) is 0 Å². The lowest BCUT2D eigenvalue weighted by atomic mass is 10.4. The average Bonchev–Trinajstić information content (AvgIpc) is 1.83. The van der Waals surface area contributed by atoms with Crippen LogP contribution in [0, 0.1) is 0 Å². The molecule has 0 aromatic rings. The Balaban J connectivity index is 3.12. The summed E-state index contributed by atoms with van der Waals surface area (Å²) in [4.78, 5) is 0. The van der Waals surface area contributed by atoms with Crippen molar-refractivity contribution in [1.29, 1.82) is 0 Å². The van der Waals surface area contributed by atoms with Gasteiger partial charge in [-0.2, -0.15) is 0 Å². The van der Waals surface area contributed by atoms with Gasteiger partial charge in [0, 0.05) is 15.4 Å². The fourth-order valence-electron chi connectivity index (χ4n) is 1.03. The van der Waals surface area contributed by atoms with E-state index in [2.05, 4.69) is 32.7 Å². The molecule has 0 rings (SSSR count). The first-order valence-electron chi connectivity index (χ1n) is 5.06. The third-order valence-corrected chi connectivity index (χ3v) is 4.34. The zero-order valence-corrected chi connectivity index (χ0v) is 11.5. The minimum Gasteiger partial charge on any atom is -0.418 e. The van der Waals surface area contributed by atoms with E-state index in [0.29, 0.717) is 0 Å². The van der Waals surface area contributed by atoms with E-state index < -0.39 is 8.32 Å². The lowest BCUT2D eigenvalue weighted by Crippen LogP contribution is -2.25. The Morgan fingerprint density at radius 3 is 2.08 bits per heavy atom. The van der Waals surface area contributed by atoms with Crippen LogP contribution in [0.2, 0.25) is 38.8 Å². The van der Waals surface area contributed by atoms with Crippen molar-refractivity contribution in [2.75, 3.05) is 6.61 Å². The smallest absolute Gasteiger partial charge is 0.183 e. The van der Waals surface area contributed by atoms with Crippen molar-refractivity contribution < 1.29 is 4.43 Å². The van der Waals surface area contributed by atoms with Crippen LogP contribution in [0.3, 0.4) is 0 Å². The van der Waals surface area contributed by atoms with Crippen LogP contribution >= 0.6 is 0 Å². The standard InChI is InChI=1S/C9H24OSi2/c1-11(2)9-7-6-8-10-12(3,4)5/h11H,6-9H2,1-5H3. The van der Waals surface area contributed by atoms with Crippen LogP contribution < -0.4 is 0 Å². The third kappa shape index (κ3) is 10.4. The van der Waals surface area contributed by atoms with Crippen LogP contribution in [-0.4, -0.2) is 23.7 Å². The van der Waals surface area contributed by atoms with E-state index in [9.17, 15) is 0 Å². The van der Waals surface area contributed by atoms with Gasteiger partial charge < -0.3 is 4.43 Å². The van der Waals surface area contributed by atoms with Crippen LogP contribution in [0.4, 0.5) is 0 Å². The van der Waals surface area contributed by atoms with E-state index in [-0.39, 0.29) is 8.80 Å². The second kappa shape index (κ2) is 5.94. The summed E-state index contributed by atoms with van der Waals surface area (Å²) in [6.07, 6.45) is 2.66. The number of hydrogen-bond acceptors (Lipinski definition) is 1. The molecule has 1 nitrogen and oxygen atoms in total. The molecule has 0 aliphatic heterocycles. The maximum Gasteiger partial charge on any atom is 0.183 e. The summed E-state index contributed by atoms with van der Waals surface area (Å²) in [5, 5.41) is 0. The molecule has 0 atom stereocenters. The molecule has 74 valence electrons. The lowest BCUT2D eigenvalue weighted by Gasteiger charge is -2.16. The highest BCUT2D eigenvalue weighted by atomic mass is 28.4. The molecule has 0 saturated heterocycles. The summed E-state index contributed by atoms with van der Waals surface area (Å²) in [7, 11) is -1.52. The highest BCUT2D eigenvalue weighted by Gasteiger charge is 2.12. The molecule has 0 aromatic carbocycles. The Morgan fingerprint density at radius 2 is 1.67 bits per heavy atom. The molecule has 0 spiro atoms. The summed E-state index contributed by atoms with van der Waals surface area (Å²) in [6, 6.07) is 1.48. The zero-order valence-electron chi connectivity index (χ0n) is 9.31. The SMILES string of the molecule is C[SiH](C)CCCCO[Si](C)(C)C. The number of rotatable bonds is 6.